The number of carboxylic acid groups (broad SMARTS) is 2. The summed E-state index contributed by atoms with van der Waals surface area (Å²) in [6, 6.07) is -2.21. The smallest absolute Gasteiger partial charge is 0.323 e. The molecule has 0 aliphatic rings. The first-order valence-corrected chi connectivity index (χ1v) is 8.00. The van der Waals surface area contributed by atoms with E-state index >= 15 is 0 Å². The molecule has 1 unspecified atom stereocenters. The normalized spacial score (nSPS) is 13.1. The van der Waals surface area contributed by atoms with Crippen LogP contribution in [0.3, 0.4) is 0 Å². The lowest BCUT2D eigenvalue weighted by atomic mass is 10.1. The van der Waals surface area contributed by atoms with E-state index < -0.39 is 42.4 Å². The summed E-state index contributed by atoms with van der Waals surface area (Å²) in [5.41, 5.74) is 11.1. The Hall–Kier alpha value is -2.00. The number of carbonyl (C=O) groups is 4. The van der Waals surface area contributed by atoms with Crippen LogP contribution < -0.4 is 11.5 Å². The number of carbonyl (C=O) groups excluding carboxylic acids is 2. The van der Waals surface area contributed by atoms with Gasteiger partial charge in [0.05, 0.1) is 6.04 Å². The van der Waals surface area contributed by atoms with Gasteiger partial charge in [0.25, 0.3) is 0 Å². The fourth-order valence-electron chi connectivity index (χ4n) is 2.08. The molecule has 24 heavy (non-hydrogen) atoms. The molecule has 0 aromatic heterocycles. The molecule has 2 atom stereocenters. The molecule has 0 aromatic rings. The van der Waals surface area contributed by atoms with Crippen molar-refractivity contribution in [3.63, 3.8) is 0 Å². The first-order valence-electron chi connectivity index (χ1n) is 8.00. The van der Waals surface area contributed by atoms with Crippen LogP contribution in [0.25, 0.3) is 0 Å². The average molecular weight is 345 g/mol. The zero-order chi connectivity index (χ0) is 18.7. The third kappa shape index (κ3) is 8.59. The first kappa shape index (κ1) is 22.0. The van der Waals surface area contributed by atoms with Crippen LogP contribution >= 0.6 is 0 Å². The Labute approximate surface area is 141 Å². The van der Waals surface area contributed by atoms with Crippen molar-refractivity contribution >= 4 is 23.8 Å². The minimum atomic E-state index is -1.35. The van der Waals surface area contributed by atoms with Crippen LogP contribution in [0.15, 0.2) is 0 Å². The van der Waals surface area contributed by atoms with Gasteiger partial charge in [0.1, 0.15) is 12.6 Å². The van der Waals surface area contributed by atoms with Gasteiger partial charge in [0.2, 0.25) is 11.8 Å². The van der Waals surface area contributed by atoms with Gasteiger partial charge < -0.3 is 21.7 Å². The molecule has 9 heteroatoms. The third-order valence-electron chi connectivity index (χ3n) is 3.53. The van der Waals surface area contributed by atoms with Crippen molar-refractivity contribution in [2.45, 2.75) is 64.0 Å². The van der Waals surface area contributed by atoms with E-state index in [-0.39, 0.29) is 12.8 Å². The Kier molecular flexibility index (Phi) is 10.6. The highest BCUT2D eigenvalue weighted by Crippen LogP contribution is 2.09. The molecule has 0 aliphatic heterocycles. The number of nitrogens with two attached hydrogens (primary N) is 2. The van der Waals surface area contributed by atoms with E-state index in [1.54, 1.807) is 0 Å². The zero-order valence-corrected chi connectivity index (χ0v) is 13.9. The number of hydrogen-bond donors (Lipinski definition) is 4. The maximum Gasteiger partial charge on any atom is 0.323 e. The number of amides is 2. The van der Waals surface area contributed by atoms with E-state index in [1.807, 2.05) is 6.92 Å². The molecule has 0 fully saturated rings. The number of rotatable bonds is 12. The topological polar surface area (TPSA) is 164 Å². The first-order chi connectivity index (χ1) is 11.2. The fraction of sp³-hybridized carbons (Fsp3) is 0.733. The molecule has 138 valence electrons. The number of imide groups is 1. The van der Waals surface area contributed by atoms with Crippen molar-refractivity contribution in [2.24, 2.45) is 11.5 Å². The third-order valence-corrected chi connectivity index (χ3v) is 3.53. The van der Waals surface area contributed by atoms with E-state index in [0.717, 1.165) is 19.3 Å². The lowest BCUT2D eigenvalue weighted by Gasteiger charge is -2.23. The molecule has 9 nitrogen and oxygen atoms in total. The van der Waals surface area contributed by atoms with E-state index in [9.17, 15) is 19.2 Å². The van der Waals surface area contributed by atoms with E-state index in [2.05, 4.69) is 0 Å². The molecule has 0 radical (unpaired) electrons. The lowest BCUT2D eigenvalue weighted by Crippen LogP contribution is -2.49. The summed E-state index contributed by atoms with van der Waals surface area (Å²) in [6.45, 7) is 1.24. The highest BCUT2D eigenvalue weighted by Gasteiger charge is 2.28. The van der Waals surface area contributed by atoms with E-state index in [4.69, 9.17) is 21.7 Å². The largest absolute Gasteiger partial charge is 0.480 e. The molecule has 0 rings (SSSR count). The second kappa shape index (κ2) is 11.5. The summed E-state index contributed by atoms with van der Waals surface area (Å²) in [6.07, 6.45) is 3.47. The number of unbranched alkanes of at least 4 members (excludes halogenated alkanes) is 3. The molecule has 0 aliphatic carbocycles. The summed E-state index contributed by atoms with van der Waals surface area (Å²) >= 11 is 0. The molecule has 0 saturated heterocycles. The number of hydrogen-bond acceptors (Lipinski definition) is 6. The van der Waals surface area contributed by atoms with Gasteiger partial charge in [0.15, 0.2) is 0 Å². The quantitative estimate of drug-likeness (QED) is 0.356. The predicted octanol–water partition coefficient (Wildman–Crippen LogP) is -0.0840. The van der Waals surface area contributed by atoms with Gasteiger partial charge in [-0.05, 0) is 12.8 Å². The summed E-state index contributed by atoms with van der Waals surface area (Å²) in [4.78, 5) is 46.4. The minimum Gasteiger partial charge on any atom is -0.480 e. The van der Waals surface area contributed by atoms with Gasteiger partial charge in [-0.15, -0.1) is 0 Å². The van der Waals surface area contributed by atoms with Crippen molar-refractivity contribution < 1.29 is 29.4 Å². The maximum absolute atomic E-state index is 12.2. The van der Waals surface area contributed by atoms with Crippen LogP contribution in [-0.2, 0) is 19.2 Å². The SMILES string of the molecule is CCCCCCC(N)C(=O)N(CC(=O)O)C(=O)CC[C@H](N)C(=O)O. The highest BCUT2D eigenvalue weighted by atomic mass is 16.4. The van der Waals surface area contributed by atoms with Crippen molar-refractivity contribution in [2.75, 3.05) is 6.54 Å². The summed E-state index contributed by atoms with van der Waals surface area (Å²) in [5.74, 6) is -4.17. The van der Waals surface area contributed by atoms with Crippen LogP contribution in [0.1, 0.15) is 51.9 Å². The molecule has 0 aromatic carbocycles. The number of aliphatic carboxylic acids is 2. The highest BCUT2D eigenvalue weighted by molar-refractivity contribution is 6.00. The van der Waals surface area contributed by atoms with Crippen LogP contribution in [0.2, 0.25) is 0 Å². The second-order valence-corrected chi connectivity index (χ2v) is 5.65. The van der Waals surface area contributed by atoms with Gasteiger partial charge >= 0.3 is 11.9 Å². The van der Waals surface area contributed by atoms with E-state index in [1.165, 1.54) is 0 Å². The summed E-state index contributed by atoms with van der Waals surface area (Å²) in [7, 11) is 0. The van der Waals surface area contributed by atoms with Gasteiger partial charge in [-0.3, -0.25) is 24.1 Å². The van der Waals surface area contributed by atoms with Crippen molar-refractivity contribution in [1.29, 1.82) is 0 Å². The van der Waals surface area contributed by atoms with Crippen molar-refractivity contribution in [3.8, 4) is 0 Å². The number of carboxylic acids is 2. The molecular formula is C15H27N3O6. The molecule has 0 spiro atoms. The Bertz CT molecular complexity index is 454. The Morgan fingerprint density at radius 3 is 2.08 bits per heavy atom. The predicted molar refractivity (Wildman–Crippen MR) is 85.9 cm³/mol. The maximum atomic E-state index is 12.2. The van der Waals surface area contributed by atoms with Gasteiger partial charge in [-0.1, -0.05) is 32.6 Å². The van der Waals surface area contributed by atoms with Gasteiger partial charge in [-0.2, -0.15) is 0 Å². The van der Waals surface area contributed by atoms with Crippen LogP contribution in [0, 0.1) is 0 Å². The number of nitrogens with zero attached hydrogens (tertiary/aromatic N) is 1. The van der Waals surface area contributed by atoms with Gasteiger partial charge in [-0.25, -0.2) is 0 Å². The lowest BCUT2D eigenvalue weighted by molar-refractivity contribution is -0.153. The molecular weight excluding hydrogens is 318 g/mol. The van der Waals surface area contributed by atoms with Gasteiger partial charge in [0, 0.05) is 6.42 Å². The van der Waals surface area contributed by atoms with Crippen molar-refractivity contribution in [3.05, 3.63) is 0 Å². The molecule has 2 amide bonds. The molecule has 0 heterocycles. The fourth-order valence-corrected chi connectivity index (χ4v) is 2.08. The second-order valence-electron chi connectivity index (χ2n) is 5.65. The zero-order valence-electron chi connectivity index (χ0n) is 13.9. The van der Waals surface area contributed by atoms with Crippen LogP contribution in [-0.4, -0.2) is 57.5 Å². The van der Waals surface area contributed by atoms with Crippen LogP contribution in [0.4, 0.5) is 0 Å². The molecule has 6 N–H and O–H groups in total. The Morgan fingerprint density at radius 2 is 1.58 bits per heavy atom. The molecule has 0 saturated carbocycles. The summed E-state index contributed by atoms with van der Waals surface area (Å²) in [5, 5.41) is 17.6. The standard InChI is InChI=1S/C15H27N3O6/c1-2-3-4-5-6-10(16)14(22)18(9-13(20)21)12(19)8-7-11(17)15(23)24/h10-11H,2-9,16-17H2,1H3,(H,20,21)(H,23,24)/t10?,11-/m0/s1. The minimum absolute atomic E-state index is 0.191. The average Bonchev–Trinajstić information content (AvgIpc) is 2.52. The summed E-state index contributed by atoms with van der Waals surface area (Å²) < 4.78 is 0. The monoisotopic (exact) mass is 345 g/mol. The molecule has 0 bridgehead atoms. The Morgan fingerprint density at radius 1 is 0.958 bits per heavy atom. The van der Waals surface area contributed by atoms with Crippen molar-refractivity contribution in [1.82, 2.24) is 4.90 Å². The van der Waals surface area contributed by atoms with E-state index in [0.29, 0.717) is 17.7 Å². The Balaban J connectivity index is 4.72. The van der Waals surface area contributed by atoms with Crippen LogP contribution in [0.5, 0.6) is 0 Å².